The van der Waals surface area contributed by atoms with Crippen molar-refractivity contribution in [3.8, 4) is 0 Å². The summed E-state index contributed by atoms with van der Waals surface area (Å²) in [6, 6.07) is 4.54. The molecule has 1 rings (SSSR count). The Hall–Kier alpha value is -1.82. The first-order chi connectivity index (χ1) is 9.43. The lowest BCUT2D eigenvalue weighted by atomic mass is 10.1. The Morgan fingerprint density at radius 1 is 1.30 bits per heavy atom. The minimum Gasteiger partial charge on any atom is -0.462 e. The van der Waals surface area contributed by atoms with Gasteiger partial charge in [0.25, 0.3) is 0 Å². The molecule has 0 saturated carbocycles. The Labute approximate surface area is 115 Å². The molecule has 20 heavy (non-hydrogen) atoms. The van der Waals surface area contributed by atoms with Crippen LogP contribution in [0.5, 0.6) is 0 Å². The highest BCUT2D eigenvalue weighted by Crippen LogP contribution is 2.29. The summed E-state index contributed by atoms with van der Waals surface area (Å²) < 4.78 is 41.9. The average molecular weight is 287 g/mol. The number of ether oxygens (including phenoxy) is 1. The molecular weight excluding hydrogens is 271 g/mol. The van der Waals surface area contributed by atoms with Crippen molar-refractivity contribution in [3.63, 3.8) is 0 Å². The molecule has 0 radical (unpaired) electrons. The lowest BCUT2D eigenvalue weighted by Crippen LogP contribution is -2.12. The van der Waals surface area contributed by atoms with Crippen molar-refractivity contribution in [3.05, 3.63) is 41.5 Å². The van der Waals surface area contributed by atoms with Crippen LogP contribution in [-0.4, -0.2) is 26.2 Å². The van der Waals surface area contributed by atoms with Crippen LogP contribution >= 0.6 is 0 Å². The van der Waals surface area contributed by atoms with Gasteiger partial charge in [0.2, 0.25) is 0 Å². The molecule has 1 aromatic carbocycles. The van der Waals surface area contributed by atoms with E-state index >= 15 is 0 Å². The van der Waals surface area contributed by atoms with Crippen molar-refractivity contribution in [2.24, 2.45) is 0 Å². The van der Waals surface area contributed by atoms with Crippen LogP contribution in [0.25, 0.3) is 6.08 Å². The third kappa shape index (κ3) is 5.88. The van der Waals surface area contributed by atoms with E-state index in [1.54, 1.807) is 7.05 Å². The topological polar surface area (TPSA) is 38.3 Å². The molecule has 0 atom stereocenters. The van der Waals surface area contributed by atoms with Crippen LogP contribution in [0.3, 0.4) is 0 Å². The highest BCUT2D eigenvalue weighted by molar-refractivity contribution is 5.87. The fourth-order valence-corrected chi connectivity index (χ4v) is 1.42. The van der Waals surface area contributed by atoms with Gasteiger partial charge in [-0.1, -0.05) is 12.1 Å². The molecule has 110 valence electrons. The molecule has 0 aliphatic heterocycles. The second-order valence-electron chi connectivity index (χ2n) is 4.08. The zero-order valence-corrected chi connectivity index (χ0v) is 11.0. The highest BCUT2D eigenvalue weighted by Gasteiger charge is 2.29. The number of hydrogen-bond acceptors (Lipinski definition) is 3. The molecule has 0 saturated heterocycles. The molecule has 1 N–H and O–H groups in total. The maximum absolute atomic E-state index is 12.3. The number of alkyl halides is 3. The Morgan fingerprint density at radius 3 is 2.50 bits per heavy atom. The number of benzene rings is 1. The van der Waals surface area contributed by atoms with E-state index in [-0.39, 0.29) is 0 Å². The van der Waals surface area contributed by atoms with Gasteiger partial charge in [-0.3, -0.25) is 0 Å². The quantitative estimate of drug-likeness (QED) is 0.497. The summed E-state index contributed by atoms with van der Waals surface area (Å²) in [7, 11) is 1.80. The summed E-state index contributed by atoms with van der Waals surface area (Å²) in [5, 5.41) is 2.92. The second kappa shape index (κ2) is 7.69. The first kappa shape index (κ1) is 16.2. The van der Waals surface area contributed by atoms with E-state index in [1.165, 1.54) is 24.3 Å². The number of halogens is 3. The molecule has 3 nitrogen and oxygen atoms in total. The molecule has 0 bridgehead atoms. The van der Waals surface area contributed by atoms with Crippen molar-refractivity contribution < 1.29 is 22.7 Å². The van der Waals surface area contributed by atoms with Gasteiger partial charge in [-0.15, -0.1) is 0 Å². The lowest BCUT2D eigenvalue weighted by Gasteiger charge is -2.05. The third-order valence-electron chi connectivity index (χ3n) is 2.47. The van der Waals surface area contributed by atoms with Crippen molar-refractivity contribution in [1.29, 1.82) is 0 Å². The number of carbonyl (C=O) groups is 1. The minimum atomic E-state index is -4.35. The normalized spacial score (nSPS) is 11.8. The molecule has 0 amide bonds. The fraction of sp³-hybridized carbons (Fsp3) is 0.357. The van der Waals surface area contributed by atoms with Crippen LogP contribution in [-0.2, 0) is 15.7 Å². The van der Waals surface area contributed by atoms with Crippen molar-refractivity contribution >= 4 is 12.0 Å². The molecular formula is C14H16F3NO2. The molecule has 0 spiro atoms. The average Bonchev–Trinajstić information content (AvgIpc) is 2.41. The maximum atomic E-state index is 12.3. The van der Waals surface area contributed by atoms with Gasteiger partial charge in [0.15, 0.2) is 0 Å². The molecule has 1 aromatic rings. The van der Waals surface area contributed by atoms with Gasteiger partial charge in [0.1, 0.15) is 0 Å². The molecule has 0 heterocycles. The van der Waals surface area contributed by atoms with E-state index in [0.717, 1.165) is 18.7 Å². The molecule has 0 aliphatic carbocycles. The number of carbonyl (C=O) groups excluding carboxylic acids is 1. The maximum Gasteiger partial charge on any atom is 0.416 e. The second-order valence-corrected chi connectivity index (χ2v) is 4.08. The number of esters is 1. The Morgan fingerprint density at radius 2 is 1.95 bits per heavy atom. The summed E-state index contributed by atoms with van der Waals surface area (Å²) >= 11 is 0. The van der Waals surface area contributed by atoms with Crippen molar-refractivity contribution in [1.82, 2.24) is 5.32 Å². The highest BCUT2D eigenvalue weighted by atomic mass is 19.4. The van der Waals surface area contributed by atoms with Gasteiger partial charge in [-0.05, 0) is 43.8 Å². The van der Waals surface area contributed by atoms with Gasteiger partial charge < -0.3 is 10.1 Å². The standard InChI is InChI=1S/C14H16F3NO2/c1-18-9-2-10-20-13(19)8-5-11-3-6-12(7-4-11)14(15,16)17/h3-8,18H,2,9-10H2,1H3/b8-5+. The van der Waals surface area contributed by atoms with E-state index in [1.807, 2.05) is 0 Å². The van der Waals surface area contributed by atoms with Crippen molar-refractivity contribution in [2.45, 2.75) is 12.6 Å². The molecule has 0 fully saturated rings. The first-order valence-corrected chi connectivity index (χ1v) is 6.10. The molecule has 0 unspecified atom stereocenters. The third-order valence-corrected chi connectivity index (χ3v) is 2.47. The zero-order valence-electron chi connectivity index (χ0n) is 11.0. The van der Waals surface area contributed by atoms with Crippen molar-refractivity contribution in [2.75, 3.05) is 20.2 Å². The van der Waals surface area contributed by atoms with E-state index < -0.39 is 17.7 Å². The largest absolute Gasteiger partial charge is 0.462 e. The Bertz CT molecular complexity index is 452. The molecule has 6 heteroatoms. The number of rotatable bonds is 6. The summed E-state index contributed by atoms with van der Waals surface area (Å²) in [6.45, 7) is 1.05. The van der Waals surface area contributed by atoms with Crippen LogP contribution in [0.4, 0.5) is 13.2 Å². The van der Waals surface area contributed by atoms with Gasteiger partial charge in [-0.2, -0.15) is 13.2 Å². The number of nitrogens with one attached hydrogen (secondary N) is 1. The predicted molar refractivity (Wildman–Crippen MR) is 70.0 cm³/mol. The van der Waals surface area contributed by atoms with E-state index in [0.29, 0.717) is 18.6 Å². The smallest absolute Gasteiger partial charge is 0.416 e. The van der Waals surface area contributed by atoms with Gasteiger partial charge in [-0.25, -0.2) is 4.79 Å². The van der Waals surface area contributed by atoms with E-state index in [4.69, 9.17) is 4.74 Å². The van der Waals surface area contributed by atoms with Gasteiger partial charge in [0.05, 0.1) is 12.2 Å². The minimum absolute atomic E-state index is 0.303. The van der Waals surface area contributed by atoms with Gasteiger partial charge in [0, 0.05) is 6.08 Å². The molecule has 0 aromatic heterocycles. The Balaban J connectivity index is 2.47. The van der Waals surface area contributed by atoms with E-state index in [9.17, 15) is 18.0 Å². The van der Waals surface area contributed by atoms with Crippen LogP contribution in [0, 0.1) is 0 Å². The zero-order chi connectivity index (χ0) is 15.0. The summed E-state index contributed by atoms with van der Waals surface area (Å²) in [5.41, 5.74) is -0.213. The molecule has 0 aliphatic rings. The predicted octanol–water partition coefficient (Wildman–Crippen LogP) is 2.87. The first-order valence-electron chi connectivity index (χ1n) is 6.10. The summed E-state index contributed by atoms with van der Waals surface area (Å²) in [6.07, 6.45) is -1.03. The SMILES string of the molecule is CNCCCOC(=O)/C=C/c1ccc(C(F)(F)F)cc1. The summed E-state index contributed by atoms with van der Waals surface area (Å²) in [5.74, 6) is -0.513. The summed E-state index contributed by atoms with van der Waals surface area (Å²) in [4.78, 5) is 11.3. The van der Waals surface area contributed by atoms with Crippen LogP contribution in [0.1, 0.15) is 17.5 Å². The lowest BCUT2D eigenvalue weighted by molar-refractivity contribution is -0.138. The van der Waals surface area contributed by atoms with Gasteiger partial charge >= 0.3 is 12.1 Å². The van der Waals surface area contributed by atoms with Crippen LogP contribution < -0.4 is 5.32 Å². The monoisotopic (exact) mass is 287 g/mol. The fourth-order valence-electron chi connectivity index (χ4n) is 1.42. The Kier molecular flexibility index (Phi) is 6.24. The van der Waals surface area contributed by atoms with Crippen LogP contribution in [0.15, 0.2) is 30.3 Å². The van der Waals surface area contributed by atoms with Crippen LogP contribution in [0.2, 0.25) is 0 Å². The van der Waals surface area contributed by atoms with E-state index in [2.05, 4.69) is 5.32 Å². The number of hydrogen-bond donors (Lipinski definition) is 1.